The Morgan fingerprint density at radius 2 is 2.18 bits per heavy atom. The van der Waals surface area contributed by atoms with Gasteiger partial charge in [0.2, 0.25) is 0 Å². The number of aromatic amines is 1. The number of rotatable bonds is 4. The number of aromatic nitrogens is 2. The third-order valence-corrected chi connectivity index (χ3v) is 4.19. The maximum Gasteiger partial charge on any atom is 0.251 e. The zero-order valence-electron chi connectivity index (χ0n) is 10.8. The molecule has 1 aromatic heterocycles. The Morgan fingerprint density at radius 1 is 1.53 bits per heavy atom. The van der Waals surface area contributed by atoms with Crippen molar-refractivity contribution in [3.05, 3.63) is 22.1 Å². The molecule has 1 rings (SSSR count). The fraction of sp³-hybridized carbons (Fsp3) is 0.667. The molecule has 0 aromatic carbocycles. The van der Waals surface area contributed by atoms with Crippen LogP contribution in [-0.2, 0) is 0 Å². The first-order valence-corrected chi connectivity index (χ1v) is 7.26. The third kappa shape index (κ3) is 4.76. The third-order valence-electron chi connectivity index (χ3n) is 2.71. The second-order valence-electron chi connectivity index (χ2n) is 5.25. The van der Waals surface area contributed by atoms with Gasteiger partial charge in [-0.1, -0.05) is 32.5 Å². The van der Waals surface area contributed by atoms with Crippen molar-refractivity contribution in [2.75, 3.05) is 11.5 Å². The lowest BCUT2D eigenvalue weighted by molar-refractivity contribution is 0.294. The Hall–Kier alpha value is -0.420. The van der Waals surface area contributed by atoms with Crippen LogP contribution in [0.1, 0.15) is 26.5 Å². The van der Waals surface area contributed by atoms with Gasteiger partial charge in [-0.05, 0) is 24.0 Å². The summed E-state index contributed by atoms with van der Waals surface area (Å²) in [7, 11) is 0. The van der Waals surface area contributed by atoms with Gasteiger partial charge in [0.15, 0.2) is 5.16 Å². The van der Waals surface area contributed by atoms with Gasteiger partial charge in [-0.25, -0.2) is 4.98 Å². The van der Waals surface area contributed by atoms with Gasteiger partial charge < -0.3 is 4.98 Å². The molecule has 0 bridgehead atoms. The second-order valence-corrected chi connectivity index (χ2v) is 6.62. The van der Waals surface area contributed by atoms with Crippen LogP contribution in [0.25, 0.3) is 0 Å². The summed E-state index contributed by atoms with van der Waals surface area (Å²) in [5.74, 6) is 2.24. The topological polar surface area (TPSA) is 45.8 Å². The largest absolute Gasteiger partial charge is 0.301 e. The van der Waals surface area contributed by atoms with Crippen LogP contribution in [0.15, 0.2) is 16.0 Å². The SMILES string of the molecule is Cc1cc(=O)[nH]c(SCC(CS)C(C)(C)C)n1. The molecule has 1 unspecified atom stereocenters. The summed E-state index contributed by atoms with van der Waals surface area (Å²) in [6.07, 6.45) is 0. The van der Waals surface area contributed by atoms with E-state index in [1.807, 2.05) is 6.92 Å². The molecular formula is C12H20N2OS2. The van der Waals surface area contributed by atoms with Crippen LogP contribution in [0.2, 0.25) is 0 Å². The van der Waals surface area contributed by atoms with E-state index < -0.39 is 0 Å². The van der Waals surface area contributed by atoms with Gasteiger partial charge in [-0.2, -0.15) is 12.6 Å². The molecule has 17 heavy (non-hydrogen) atoms. The van der Waals surface area contributed by atoms with Crippen molar-refractivity contribution in [2.45, 2.75) is 32.9 Å². The first-order valence-electron chi connectivity index (χ1n) is 5.64. The molecule has 0 aliphatic heterocycles. The number of aryl methyl sites for hydroxylation is 1. The van der Waals surface area contributed by atoms with Crippen molar-refractivity contribution < 1.29 is 0 Å². The van der Waals surface area contributed by atoms with E-state index >= 15 is 0 Å². The molecule has 0 fully saturated rings. The van der Waals surface area contributed by atoms with Crippen LogP contribution in [0, 0.1) is 18.3 Å². The van der Waals surface area contributed by atoms with Crippen LogP contribution >= 0.6 is 24.4 Å². The summed E-state index contributed by atoms with van der Waals surface area (Å²) < 4.78 is 0. The molecule has 1 aromatic rings. The molecule has 0 saturated carbocycles. The van der Waals surface area contributed by atoms with Crippen LogP contribution in [0.4, 0.5) is 0 Å². The molecule has 1 N–H and O–H groups in total. The molecule has 1 heterocycles. The van der Waals surface area contributed by atoms with Crippen LogP contribution < -0.4 is 5.56 Å². The van der Waals surface area contributed by atoms with Gasteiger partial charge in [0, 0.05) is 17.5 Å². The summed E-state index contributed by atoms with van der Waals surface area (Å²) in [4.78, 5) is 18.4. The van der Waals surface area contributed by atoms with Crippen molar-refractivity contribution >= 4 is 24.4 Å². The molecule has 0 amide bonds. The highest BCUT2D eigenvalue weighted by atomic mass is 32.2. The van der Waals surface area contributed by atoms with E-state index in [1.54, 1.807) is 11.8 Å². The second kappa shape index (κ2) is 5.96. The maximum absolute atomic E-state index is 11.3. The quantitative estimate of drug-likeness (QED) is 0.503. The molecule has 0 radical (unpaired) electrons. The number of thiol groups is 1. The lowest BCUT2D eigenvalue weighted by Gasteiger charge is -2.28. The Bertz CT molecular complexity index is 423. The summed E-state index contributed by atoms with van der Waals surface area (Å²) in [6, 6.07) is 1.50. The molecule has 3 nitrogen and oxygen atoms in total. The summed E-state index contributed by atoms with van der Waals surface area (Å²) in [6.45, 7) is 8.46. The first-order chi connectivity index (χ1) is 7.82. The van der Waals surface area contributed by atoms with E-state index in [2.05, 4.69) is 43.4 Å². The highest BCUT2D eigenvalue weighted by molar-refractivity contribution is 7.99. The minimum atomic E-state index is -0.0850. The number of nitrogens with one attached hydrogen (secondary N) is 1. The standard InChI is InChI=1S/C12H20N2OS2/c1-8-5-10(15)14-11(13-8)17-7-9(6-16)12(2,3)4/h5,9,16H,6-7H2,1-4H3,(H,13,14,15). The zero-order valence-corrected chi connectivity index (χ0v) is 12.5. The van der Waals surface area contributed by atoms with Crippen LogP contribution in [0.5, 0.6) is 0 Å². The van der Waals surface area contributed by atoms with Crippen molar-refractivity contribution in [3.8, 4) is 0 Å². The Labute approximate surface area is 112 Å². The zero-order chi connectivity index (χ0) is 13.1. The average molecular weight is 272 g/mol. The molecule has 0 spiro atoms. The lowest BCUT2D eigenvalue weighted by atomic mass is 9.83. The monoisotopic (exact) mass is 272 g/mol. The fourth-order valence-corrected chi connectivity index (χ4v) is 3.59. The predicted molar refractivity (Wildman–Crippen MR) is 77.1 cm³/mol. The highest BCUT2D eigenvalue weighted by Gasteiger charge is 2.23. The van der Waals surface area contributed by atoms with E-state index in [1.165, 1.54) is 6.07 Å². The molecule has 0 aliphatic carbocycles. The van der Waals surface area contributed by atoms with Gasteiger partial charge in [0.25, 0.3) is 5.56 Å². The first kappa shape index (κ1) is 14.6. The summed E-state index contributed by atoms with van der Waals surface area (Å²) >= 11 is 5.98. The van der Waals surface area contributed by atoms with E-state index in [-0.39, 0.29) is 11.0 Å². The van der Waals surface area contributed by atoms with Gasteiger partial charge in [0.05, 0.1) is 0 Å². The van der Waals surface area contributed by atoms with Crippen molar-refractivity contribution in [3.63, 3.8) is 0 Å². The highest BCUT2D eigenvalue weighted by Crippen LogP contribution is 2.31. The molecule has 0 saturated heterocycles. The van der Waals surface area contributed by atoms with E-state index in [4.69, 9.17) is 0 Å². The lowest BCUT2D eigenvalue weighted by Crippen LogP contribution is -2.24. The maximum atomic E-state index is 11.3. The minimum Gasteiger partial charge on any atom is -0.301 e. The summed E-state index contributed by atoms with van der Waals surface area (Å²) in [5, 5.41) is 0.700. The Balaban J connectivity index is 2.69. The Kier molecular flexibility index (Phi) is 5.13. The molecular weight excluding hydrogens is 252 g/mol. The van der Waals surface area contributed by atoms with Gasteiger partial charge in [-0.15, -0.1) is 0 Å². The Morgan fingerprint density at radius 3 is 2.65 bits per heavy atom. The van der Waals surface area contributed by atoms with Gasteiger partial charge in [-0.3, -0.25) is 4.79 Å². The van der Waals surface area contributed by atoms with Crippen molar-refractivity contribution in [1.29, 1.82) is 0 Å². The van der Waals surface area contributed by atoms with E-state index in [9.17, 15) is 4.79 Å². The average Bonchev–Trinajstić information content (AvgIpc) is 2.14. The van der Waals surface area contributed by atoms with E-state index in [0.717, 1.165) is 17.2 Å². The molecule has 1 atom stereocenters. The number of H-pyrrole nitrogens is 1. The van der Waals surface area contributed by atoms with Crippen LogP contribution in [0.3, 0.4) is 0 Å². The van der Waals surface area contributed by atoms with Crippen molar-refractivity contribution in [1.82, 2.24) is 9.97 Å². The van der Waals surface area contributed by atoms with Gasteiger partial charge in [0.1, 0.15) is 0 Å². The van der Waals surface area contributed by atoms with Gasteiger partial charge >= 0.3 is 0 Å². The number of hydrogen-bond donors (Lipinski definition) is 2. The normalized spacial score (nSPS) is 13.7. The predicted octanol–water partition coefficient (Wildman–Crippen LogP) is 2.76. The number of thioether (sulfide) groups is 1. The molecule has 96 valence electrons. The van der Waals surface area contributed by atoms with Crippen molar-refractivity contribution in [2.24, 2.45) is 11.3 Å². The van der Waals surface area contributed by atoms with Crippen LogP contribution in [-0.4, -0.2) is 21.5 Å². The number of hydrogen-bond acceptors (Lipinski definition) is 4. The molecule has 0 aliphatic rings. The number of nitrogens with zero attached hydrogens (tertiary/aromatic N) is 1. The van der Waals surface area contributed by atoms with E-state index in [0.29, 0.717) is 11.1 Å². The minimum absolute atomic E-state index is 0.0850. The summed E-state index contributed by atoms with van der Waals surface area (Å²) in [5.41, 5.74) is 0.895. The fourth-order valence-electron chi connectivity index (χ4n) is 1.38. The smallest absolute Gasteiger partial charge is 0.251 e. The molecule has 5 heteroatoms.